The number of nitrogens with zero attached hydrogens (tertiary/aromatic N) is 3. The first-order valence-electron chi connectivity index (χ1n) is 9.10. The van der Waals surface area contributed by atoms with Crippen molar-refractivity contribution in [3.05, 3.63) is 16.2 Å². The monoisotopic (exact) mass is 393 g/mol. The van der Waals surface area contributed by atoms with Crippen molar-refractivity contribution in [1.29, 1.82) is 0 Å². The first-order chi connectivity index (χ1) is 12.2. The van der Waals surface area contributed by atoms with Gasteiger partial charge in [0.05, 0.1) is 17.6 Å². The molecule has 2 unspecified atom stereocenters. The number of thiophene rings is 1. The highest BCUT2D eigenvalue weighted by molar-refractivity contribution is 7.17. The highest BCUT2D eigenvalue weighted by Crippen LogP contribution is 2.54. The Morgan fingerprint density at radius 2 is 2.15 bits per heavy atom. The molecule has 2 atom stereocenters. The Morgan fingerprint density at radius 1 is 1.38 bits per heavy atom. The Kier molecular flexibility index (Phi) is 4.19. The molecule has 1 saturated heterocycles. The van der Waals surface area contributed by atoms with Gasteiger partial charge < -0.3 is 9.64 Å². The third kappa shape index (κ3) is 2.97. The topological polar surface area (TPSA) is 55.3 Å². The van der Waals surface area contributed by atoms with Crippen molar-refractivity contribution in [2.75, 3.05) is 18.1 Å². The second-order valence-electron chi connectivity index (χ2n) is 8.71. The largest absolute Gasteiger partial charge is 0.462 e. The van der Waals surface area contributed by atoms with E-state index in [1.807, 2.05) is 12.3 Å². The van der Waals surface area contributed by atoms with Crippen LogP contribution in [0.1, 0.15) is 57.3 Å². The van der Waals surface area contributed by atoms with Crippen molar-refractivity contribution in [2.24, 2.45) is 10.8 Å². The molecule has 7 heteroatoms. The number of rotatable bonds is 3. The zero-order chi connectivity index (χ0) is 18.7. The highest BCUT2D eigenvalue weighted by atomic mass is 35.5. The van der Waals surface area contributed by atoms with Gasteiger partial charge in [-0.3, -0.25) is 0 Å². The van der Waals surface area contributed by atoms with Gasteiger partial charge in [-0.05, 0) is 48.6 Å². The summed E-state index contributed by atoms with van der Waals surface area (Å²) in [5.41, 5.74) is 1.11. The summed E-state index contributed by atoms with van der Waals surface area (Å²) in [7, 11) is 0. The van der Waals surface area contributed by atoms with E-state index >= 15 is 0 Å². The van der Waals surface area contributed by atoms with Crippen LogP contribution in [0.3, 0.4) is 0 Å². The number of esters is 1. The van der Waals surface area contributed by atoms with Gasteiger partial charge in [0.2, 0.25) is 5.28 Å². The maximum Gasteiger partial charge on any atom is 0.339 e. The van der Waals surface area contributed by atoms with Crippen LogP contribution >= 0.6 is 22.9 Å². The van der Waals surface area contributed by atoms with E-state index in [-0.39, 0.29) is 16.7 Å². The number of ether oxygens (including phenoxy) is 1. The summed E-state index contributed by atoms with van der Waals surface area (Å²) in [6.45, 7) is 10.1. The summed E-state index contributed by atoms with van der Waals surface area (Å²) in [6, 6.07) is 0.410. The molecule has 4 rings (SSSR count). The fourth-order valence-corrected chi connectivity index (χ4v) is 6.29. The van der Waals surface area contributed by atoms with E-state index in [1.165, 1.54) is 17.8 Å². The predicted molar refractivity (Wildman–Crippen MR) is 105 cm³/mol. The fourth-order valence-electron chi connectivity index (χ4n) is 5.17. The van der Waals surface area contributed by atoms with E-state index < -0.39 is 0 Å². The molecule has 0 amide bonds. The average molecular weight is 394 g/mol. The maximum atomic E-state index is 12.4. The van der Waals surface area contributed by atoms with Gasteiger partial charge in [0.1, 0.15) is 10.6 Å². The molecule has 2 aliphatic rings. The Morgan fingerprint density at radius 3 is 2.88 bits per heavy atom. The average Bonchev–Trinajstić information content (AvgIpc) is 3.04. The summed E-state index contributed by atoms with van der Waals surface area (Å²) in [5.74, 6) is 0.468. The molecular formula is C19H24ClN3O2S. The van der Waals surface area contributed by atoms with Gasteiger partial charge >= 0.3 is 5.97 Å². The highest BCUT2D eigenvalue weighted by Gasteiger charge is 2.50. The van der Waals surface area contributed by atoms with E-state index in [4.69, 9.17) is 16.3 Å². The van der Waals surface area contributed by atoms with E-state index in [1.54, 1.807) is 0 Å². The Labute approximate surface area is 162 Å². The minimum absolute atomic E-state index is 0.232. The number of halogens is 1. The number of fused-ring (bicyclic) bond motifs is 3. The molecule has 3 heterocycles. The zero-order valence-electron chi connectivity index (χ0n) is 15.6. The lowest BCUT2D eigenvalue weighted by atomic mass is 9.65. The van der Waals surface area contributed by atoms with Crippen molar-refractivity contribution in [2.45, 2.75) is 53.0 Å². The summed E-state index contributed by atoms with van der Waals surface area (Å²) in [4.78, 5) is 24.5. The number of carbonyl (C=O) groups excluding carboxylic acids is 1. The smallest absolute Gasteiger partial charge is 0.339 e. The molecule has 0 N–H and O–H groups in total. The molecule has 2 aromatic heterocycles. The number of anilines is 1. The Bertz CT molecular complexity index is 881. The van der Waals surface area contributed by atoms with Crippen molar-refractivity contribution in [3.8, 4) is 0 Å². The normalized spacial score (nSPS) is 27.1. The predicted octanol–water partition coefficient (Wildman–Crippen LogP) is 4.93. The van der Waals surface area contributed by atoms with Crippen molar-refractivity contribution >= 4 is 44.9 Å². The molecule has 2 fully saturated rings. The quantitative estimate of drug-likeness (QED) is 0.546. The van der Waals surface area contributed by atoms with Gasteiger partial charge in [0.25, 0.3) is 0 Å². The van der Waals surface area contributed by atoms with Crippen LogP contribution in [0.15, 0.2) is 5.38 Å². The van der Waals surface area contributed by atoms with Gasteiger partial charge in [0, 0.05) is 18.0 Å². The molecule has 5 nitrogen and oxygen atoms in total. The molecule has 26 heavy (non-hydrogen) atoms. The summed E-state index contributed by atoms with van der Waals surface area (Å²) in [6.07, 6.45) is 3.46. The van der Waals surface area contributed by atoms with Crippen LogP contribution in [0.5, 0.6) is 0 Å². The summed E-state index contributed by atoms with van der Waals surface area (Å²) < 4.78 is 5.24. The minimum Gasteiger partial charge on any atom is -0.462 e. The number of hydrogen-bond acceptors (Lipinski definition) is 6. The minimum atomic E-state index is -0.320. The van der Waals surface area contributed by atoms with E-state index in [9.17, 15) is 4.79 Å². The number of carbonyl (C=O) groups is 1. The lowest BCUT2D eigenvalue weighted by Crippen LogP contribution is -2.35. The maximum absolute atomic E-state index is 12.4. The van der Waals surface area contributed by atoms with Gasteiger partial charge in [0.15, 0.2) is 0 Å². The van der Waals surface area contributed by atoms with Crippen molar-refractivity contribution in [1.82, 2.24) is 9.97 Å². The second kappa shape index (κ2) is 6.06. The molecule has 1 aliphatic carbocycles. The van der Waals surface area contributed by atoms with Crippen LogP contribution in [0.25, 0.3) is 10.2 Å². The number of aromatic nitrogens is 2. The molecule has 2 bridgehead atoms. The van der Waals surface area contributed by atoms with E-state index in [0.717, 1.165) is 35.4 Å². The van der Waals surface area contributed by atoms with Gasteiger partial charge in [-0.25, -0.2) is 9.78 Å². The van der Waals surface area contributed by atoms with E-state index in [2.05, 4.69) is 35.6 Å². The van der Waals surface area contributed by atoms with Crippen LogP contribution in [0, 0.1) is 10.8 Å². The van der Waals surface area contributed by atoms with Gasteiger partial charge in [-0.2, -0.15) is 4.98 Å². The standard InChI is InChI=1S/C19H24ClN3O2S/c1-5-25-16(24)12-8-26-15-13(12)14(21-17(20)22-15)23-10-19(4)7-11(23)6-18(2,3)9-19/h8,11H,5-7,9-10H2,1-4H3. The molecule has 0 aromatic carbocycles. The first-order valence-corrected chi connectivity index (χ1v) is 10.4. The molecule has 1 aliphatic heterocycles. The van der Waals surface area contributed by atoms with Crippen LogP contribution in [-0.4, -0.2) is 35.1 Å². The lowest BCUT2D eigenvalue weighted by Gasteiger charge is -2.39. The van der Waals surface area contributed by atoms with Crippen LogP contribution in [0.4, 0.5) is 5.82 Å². The molecule has 0 spiro atoms. The second-order valence-corrected chi connectivity index (χ2v) is 9.90. The molecular weight excluding hydrogens is 370 g/mol. The first kappa shape index (κ1) is 18.0. The fraction of sp³-hybridized carbons (Fsp3) is 0.632. The Balaban J connectivity index is 1.84. The molecule has 140 valence electrons. The SMILES string of the molecule is CCOC(=O)c1csc2nc(Cl)nc(N3CC4(C)CC3CC(C)(C)C4)c12. The van der Waals surface area contributed by atoms with Crippen LogP contribution in [-0.2, 0) is 4.74 Å². The van der Waals surface area contributed by atoms with Gasteiger partial charge in [-0.1, -0.05) is 20.8 Å². The molecule has 1 saturated carbocycles. The third-order valence-electron chi connectivity index (χ3n) is 5.57. The zero-order valence-corrected chi connectivity index (χ0v) is 17.2. The van der Waals surface area contributed by atoms with E-state index in [0.29, 0.717) is 23.6 Å². The number of hydrogen-bond donors (Lipinski definition) is 0. The van der Waals surface area contributed by atoms with Crippen molar-refractivity contribution in [3.63, 3.8) is 0 Å². The van der Waals surface area contributed by atoms with Crippen LogP contribution in [0.2, 0.25) is 5.28 Å². The summed E-state index contributed by atoms with van der Waals surface area (Å²) >= 11 is 7.64. The van der Waals surface area contributed by atoms with Gasteiger partial charge in [-0.15, -0.1) is 11.3 Å². The Hall–Kier alpha value is -1.40. The molecule has 0 radical (unpaired) electrons. The lowest BCUT2D eigenvalue weighted by molar-refractivity contribution is 0.0529. The third-order valence-corrected chi connectivity index (χ3v) is 6.61. The van der Waals surface area contributed by atoms with Crippen molar-refractivity contribution < 1.29 is 9.53 Å². The summed E-state index contributed by atoms with van der Waals surface area (Å²) in [5, 5.41) is 2.83. The molecule has 2 aromatic rings. The van der Waals surface area contributed by atoms with Crippen LogP contribution < -0.4 is 4.90 Å².